The fourth-order valence-corrected chi connectivity index (χ4v) is 9.25. The lowest BCUT2D eigenvalue weighted by Crippen LogP contribution is -2.40. The van der Waals surface area contributed by atoms with Crippen LogP contribution < -0.4 is 0 Å². The summed E-state index contributed by atoms with van der Waals surface area (Å²) < 4.78 is 23.0. The molecule has 0 heterocycles. The first-order valence-corrected chi connectivity index (χ1v) is 35.9. The number of carboxylic acid groups (broad SMARTS) is 1. The zero-order chi connectivity index (χ0) is 66.1. The lowest BCUT2D eigenvalue weighted by molar-refractivity contribution is -0.870. The Morgan fingerprint density at radius 2 is 0.593 bits per heavy atom. The molecule has 0 radical (unpaired) electrons. The zero-order valence-electron chi connectivity index (χ0n) is 58.4. The fraction of sp³-hybridized carbons (Fsp3) is 0.598. The van der Waals surface area contributed by atoms with Crippen molar-refractivity contribution in [3.05, 3.63) is 182 Å². The Balaban J connectivity index is 4.20. The molecule has 2 atom stereocenters. The standard InChI is InChI=1S/C82H131NO8/c1-6-8-10-12-14-16-18-20-22-24-26-28-30-32-34-35-36-37-38-39-40-41-42-43-44-45-47-49-51-53-55-57-59-61-63-65-67-69-71-73-80(85)91-78(77-90-82(81(86)87)88-75-74-83(3,4)5)76-89-79(84)72-70-68-66-64-62-60-58-56-54-52-50-48-46-33-31-29-27-25-23-21-19-17-15-13-11-9-7-2/h8-11,14-17,20-23,26-29,32-34,36-37,39-40,42-43,45-47,51,53,78,82H,6-7,12-13,18-19,24-25,30-31,35,38,41,44,48-50,52,54-77H2,1-5H3/p+1/b10-8-,11-9-,16-14-,17-15-,22-20-,23-21-,28-26-,29-27-,34-32-,37-36-,40-39-,43-42-,46-33-,47-45-,53-51-. The van der Waals surface area contributed by atoms with Gasteiger partial charge in [-0.2, -0.15) is 0 Å². The Morgan fingerprint density at radius 1 is 0.330 bits per heavy atom. The van der Waals surface area contributed by atoms with Crippen LogP contribution in [-0.4, -0.2) is 87.4 Å². The summed E-state index contributed by atoms with van der Waals surface area (Å²) in [4.78, 5) is 37.7. The predicted molar refractivity (Wildman–Crippen MR) is 391 cm³/mol. The Kier molecular flexibility index (Phi) is 65.9. The molecule has 2 unspecified atom stereocenters. The van der Waals surface area contributed by atoms with Crippen LogP contribution in [0.15, 0.2) is 182 Å². The summed E-state index contributed by atoms with van der Waals surface area (Å²) in [7, 11) is 5.96. The van der Waals surface area contributed by atoms with Crippen LogP contribution in [0.2, 0.25) is 0 Å². The van der Waals surface area contributed by atoms with Gasteiger partial charge >= 0.3 is 17.9 Å². The summed E-state index contributed by atoms with van der Waals surface area (Å²) >= 11 is 0. The molecule has 0 aromatic rings. The summed E-state index contributed by atoms with van der Waals surface area (Å²) in [6, 6.07) is 0. The van der Waals surface area contributed by atoms with Gasteiger partial charge in [0.05, 0.1) is 34.4 Å². The molecule has 0 aliphatic rings. The quantitative estimate of drug-likeness (QED) is 0.0211. The maximum Gasteiger partial charge on any atom is 0.361 e. The monoisotopic (exact) mass is 1260 g/mol. The smallest absolute Gasteiger partial charge is 0.361 e. The van der Waals surface area contributed by atoms with Crippen molar-refractivity contribution >= 4 is 17.9 Å². The first kappa shape index (κ1) is 85.4. The number of carbonyl (C=O) groups is 3. The molecule has 0 rings (SSSR count). The summed E-state index contributed by atoms with van der Waals surface area (Å²) in [6.07, 6.45) is 104. The van der Waals surface area contributed by atoms with Crippen LogP contribution >= 0.6 is 0 Å². The molecule has 0 bridgehead atoms. The third-order valence-electron chi connectivity index (χ3n) is 14.7. The van der Waals surface area contributed by atoms with E-state index in [0.29, 0.717) is 17.4 Å². The van der Waals surface area contributed by atoms with Crippen molar-refractivity contribution in [3.63, 3.8) is 0 Å². The van der Waals surface area contributed by atoms with Gasteiger partial charge in [0.15, 0.2) is 6.10 Å². The number of hydrogen-bond acceptors (Lipinski definition) is 7. The highest BCUT2D eigenvalue weighted by Crippen LogP contribution is 2.16. The van der Waals surface area contributed by atoms with Crippen LogP contribution in [0.25, 0.3) is 0 Å². The van der Waals surface area contributed by atoms with Crippen LogP contribution in [0.1, 0.15) is 258 Å². The second kappa shape index (κ2) is 70.3. The molecule has 0 aromatic carbocycles. The van der Waals surface area contributed by atoms with Crippen molar-refractivity contribution in [1.29, 1.82) is 0 Å². The van der Waals surface area contributed by atoms with E-state index in [-0.39, 0.29) is 38.6 Å². The molecule has 9 nitrogen and oxygen atoms in total. The van der Waals surface area contributed by atoms with E-state index in [1.807, 2.05) is 21.1 Å². The van der Waals surface area contributed by atoms with Gasteiger partial charge in [-0.3, -0.25) is 9.59 Å². The molecule has 0 fully saturated rings. The number of likely N-dealkylation sites (N-methyl/N-ethyl adjacent to an activating group) is 1. The number of rotatable bonds is 64. The number of unbranched alkanes of at least 4 members (excludes halogenated alkanes) is 19. The lowest BCUT2D eigenvalue weighted by Gasteiger charge is -2.25. The van der Waals surface area contributed by atoms with Gasteiger partial charge in [-0.25, -0.2) is 4.79 Å². The van der Waals surface area contributed by atoms with Gasteiger partial charge in [0.25, 0.3) is 6.29 Å². The molecule has 1 N–H and O–H groups in total. The summed E-state index contributed by atoms with van der Waals surface area (Å²) in [6.45, 7) is 4.62. The van der Waals surface area contributed by atoms with Crippen LogP contribution in [0, 0.1) is 0 Å². The van der Waals surface area contributed by atoms with Crippen molar-refractivity contribution in [2.75, 3.05) is 47.5 Å². The number of allylic oxidation sites excluding steroid dienone is 30. The maximum atomic E-state index is 13.0. The predicted octanol–water partition coefficient (Wildman–Crippen LogP) is 22.8. The molecule has 0 spiro atoms. The number of quaternary nitrogens is 1. The normalized spacial score (nSPS) is 13.8. The average Bonchev–Trinajstić information content (AvgIpc) is 3.46. The first-order chi connectivity index (χ1) is 44.6. The molecule has 91 heavy (non-hydrogen) atoms. The van der Waals surface area contributed by atoms with Crippen LogP contribution in [-0.2, 0) is 33.3 Å². The first-order valence-electron chi connectivity index (χ1n) is 35.9. The molecular formula is C82H132NO8+. The van der Waals surface area contributed by atoms with E-state index in [9.17, 15) is 19.5 Å². The summed E-state index contributed by atoms with van der Waals surface area (Å²) in [5.74, 6) is -2.04. The van der Waals surface area contributed by atoms with E-state index >= 15 is 0 Å². The molecule has 0 aliphatic heterocycles. The number of hydrogen-bond donors (Lipinski definition) is 1. The number of ether oxygens (including phenoxy) is 4. The van der Waals surface area contributed by atoms with Gasteiger partial charge in [0.1, 0.15) is 13.2 Å². The molecule has 0 amide bonds. The lowest BCUT2D eigenvalue weighted by atomic mass is 10.0. The zero-order valence-corrected chi connectivity index (χ0v) is 58.4. The van der Waals surface area contributed by atoms with E-state index in [1.54, 1.807) is 0 Å². The molecule has 0 aliphatic carbocycles. The minimum absolute atomic E-state index is 0.176. The topological polar surface area (TPSA) is 108 Å². The molecule has 0 saturated heterocycles. The Morgan fingerprint density at radius 3 is 0.879 bits per heavy atom. The second-order valence-electron chi connectivity index (χ2n) is 24.4. The number of esters is 2. The van der Waals surface area contributed by atoms with Crippen LogP contribution in [0.4, 0.5) is 0 Å². The molecular weight excluding hydrogens is 1130 g/mol. The van der Waals surface area contributed by atoms with Crippen molar-refractivity contribution < 1.29 is 42.9 Å². The number of nitrogens with zero attached hydrogens (tertiary/aromatic N) is 1. The molecule has 9 heteroatoms. The van der Waals surface area contributed by atoms with Gasteiger partial charge in [-0.05, 0) is 135 Å². The Bertz CT molecular complexity index is 2150. The highest BCUT2D eigenvalue weighted by molar-refractivity contribution is 5.71. The maximum absolute atomic E-state index is 13.0. The van der Waals surface area contributed by atoms with E-state index in [2.05, 4.69) is 196 Å². The van der Waals surface area contributed by atoms with Gasteiger partial charge in [0, 0.05) is 12.8 Å². The van der Waals surface area contributed by atoms with Crippen LogP contribution in [0.3, 0.4) is 0 Å². The van der Waals surface area contributed by atoms with Crippen molar-refractivity contribution in [2.45, 2.75) is 270 Å². The SMILES string of the molecule is CC/C=C\C/C=C\C/C=C\C/C=C\C/C=C\C/C=C\C/C=C\C/C=C\C/C=C\C/C=C\CCCCCCCCCCC(=O)OC(COC(=O)CCCCCCCCCCCCC/C=C\C/C=C\C/C=C\C/C=C\C/C=C\CC)COC(OCC[N+](C)(C)C)C(=O)O. The summed E-state index contributed by atoms with van der Waals surface area (Å²) in [5.41, 5.74) is 0. The van der Waals surface area contributed by atoms with Gasteiger partial charge < -0.3 is 28.5 Å². The summed E-state index contributed by atoms with van der Waals surface area (Å²) in [5, 5.41) is 9.75. The van der Waals surface area contributed by atoms with Gasteiger partial charge in [-0.15, -0.1) is 0 Å². The Hall–Kier alpha value is -5.61. The second-order valence-corrected chi connectivity index (χ2v) is 24.4. The molecule has 512 valence electrons. The minimum atomic E-state index is -1.53. The van der Waals surface area contributed by atoms with Crippen molar-refractivity contribution in [3.8, 4) is 0 Å². The van der Waals surface area contributed by atoms with E-state index < -0.39 is 24.3 Å². The third kappa shape index (κ3) is 71.7. The fourth-order valence-electron chi connectivity index (χ4n) is 9.25. The van der Waals surface area contributed by atoms with Crippen LogP contribution in [0.5, 0.6) is 0 Å². The number of carbonyl (C=O) groups excluding carboxylic acids is 2. The van der Waals surface area contributed by atoms with Gasteiger partial charge in [-0.1, -0.05) is 292 Å². The minimum Gasteiger partial charge on any atom is -0.477 e. The third-order valence-corrected chi connectivity index (χ3v) is 14.7. The van der Waals surface area contributed by atoms with Crippen molar-refractivity contribution in [1.82, 2.24) is 0 Å². The Labute approximate surface area is 558 Å². The van der Waals surface area contributed by atoms with Gasteiger partial charge in [0.2, 0.25) is 0 Å². The van der Waals surface area contributed by atoms with E-state index in [1.165, 1.54) is 77.0 Å². The largest absolute Gasteiger partial charge is 0.477 e. The van der Waals surface area contributed by atoms with Crippen molar-refractivity contribution in [2.24, 2.45) is 0 Å². The highest BCUT2D eigenvalue weighted by Gasteiger charge is 2.25. The van der Waals surface area contributed by atoms with E-state index in [4.69, 9.17) is 18.9 Å². The number of carboxylic acids is 1. The number of aliphatic carboxylic acids is 1. The molecule has 0 saturated carbocycles. The highest BCUT2D eigenvalue weighted by atomic mass is 16.7. The average molecular weight is 1260 g/mol. The molecule has 0 aromatic heterocycles. The van der Waals surface area contributed by atoms with E-state index in [0.717, 1.165) is 148 Å².